The van der Waals surface area contributed by atoms with Crippen molar-refractivity contribution >= 4 is 23.5 Å². The van der Waals surface area contributed by atoms with E-state index in [1.54, 1.807) is 0 Å². The van der Waals surface area contributed by atoms with Crippen LogP contribution in [0, 0.1) is 0 Å². The number of carboxylic acids is 1. The van der Waals surface area contributed by atoms with Crippen LogP contribution in [-0.2, 0) is 4.79 Å². The molecular formula is C9H7ClF3NO4. The minimum Gasteiger partial charge on any atom is -0.479 e. The molecule has 5 nitrogen and oxygen atoms in total. The van der Waals surface area contributed by atoms with Crippen LogP contribution < -0.4 is 5.32 Å². The van der Waals surface area contributed by atoms with E-state index in [2.05, 4.69) is 4.42 Å². The van der Waals surface area contributed by atoms with Gasteiger partial charge in [-0.3, -0.25) is 4.79 Å². The molecule has 1 aromatic heterocycles. The SMILES string of the molecule is CC(NC(=O)c1ccoc1Cl)(C(=O)O)C(F)(F)F. The second-order valence-electron chi connectivity index (χ2n) is 3.49. The van der Waals surface area contributed by atoms with Gasteiger partial charge in [-0.1, -0.05) is 0 Å². The highest BCUT2D eigenvalue weighted by atomic mass is 35.5. The molecule has 2 N–H and O–H groups in total. The van der Waals surface area contributed by atoms with Crippen LogP contribution in [0.1, 0.15) is 17.3 Å². The third kappa shape index (κ3) is 2.42. The summed E-state index contributed by atoms with van der Waals surface area (Å²) in [6.07, 6.45) is -4.17. The largest absolute Gasteiger partial charge is 0.479 e. The second kappa shape index (κ2) is 4.52. The Hall–Kier alpha value is -1.70. The minimum absolute atomic E-state index is 0.335. The van der Waals surface area contributed by atoms with Crippen molar-refractivity contribution < 1.29 is 32.3 Å². The van der Waals surface area contributed by atoms with E-state index in [-0.39, 0.29) is 5.56 Å². The van der Waals surface area contributed by atoms with Crippen molar-refractivity contribution in [3.63, 3.8) is 0 Å². The van der Waals surface area contributed by atoms with E-state index in [1.165, 1.54) is 5.32 Å². The smallest absolute Gasteiger partial charge is 0.422 e. The van der Waals surface area contributed by atoms with E-state index in [0.29, 0.717) is 6.92 Å². The van der Waals surface area contributed by atoms with Crippen molar-refractivity contribution in [2.75, 3.05) is 0 Å². The topological polar surface area (TPSA) is 79.5 Å². The van der Waals surface area contributed by atoms with Gasteiger partial charge in [0.05, 0.1) is 11.8 Å². The number of hydrogen-bond donors (Lipinski definition) is 2. The molecule has 1 aromatic rings. The molecule has 0 saturated heterocycles. The molecule has 9 heteroatoms. The minimum atomic E-state index is -5.16. The molecule has 0 fully saturated rings. The summed E-state index contributed by atoms with van der Waals surface area (Å²) in [6.45, 7) is 0.335. The number of carbonyl (C=O) groups is 2. The maximum Gasteiger partial charge on any atom is 0.422 e. The van der Waals surface area contributed by atoms with E-state index in [1.807, 2.05) is 0 Å². The maximum atomic E-state index is 12.6. The Morgan fingerprint density at radius 3 is 2.33 bits per heavy atom. The van der Waals surface area contributed by atoms with E-state index >= 15 is 0 Å². The molecule has 0 spiro atoms. The maximum absolute atomic E-state index is 12.6. The molecule has 0 saturated carbocycles. The average Bonchev–Trinajstić information content (AvgIpc) is 2.62. The van der Waals surface area contributed by atoms with E-state index < -0.39 is 28.8 Å². The molecule has 1 atom stereocenters. The molecule has 100 valence electrons. The zero-order valence-electron chi connectivity index (χ0n) is 8.84. The Morgan fingerprint density at radius 1 is 1.44 bits per heavy atom. The fourth-order valence-electron chi connectivity index (χ4n) is 0.996. The Morgan fingerprint density at radius 2 is 2.00 bits per heavy atom. The predicted molar refractivity (Wildman–Crippen MR) is 53.3 cm³/mol. The first kappa shape index (κ1) is 14.4. The fraction of sp³-hybridized carbons (Fsp3) is 0.333. The summed E-state index contributed by atoms with van der Waals surface area (Å²) in [6, 6.07) is 1.02. The lowest BCUT2D eigenvalue weighted by atomic mass is 10.0. The highest BCUT2D eigenvalue weighted by Gasteiger charge is 2.58. The van der Waals surface area contributed by atoms with Crippen molar-refractivity contribution in [1.29, 1.82) is 0 Å². The standard InChI is InChI=1S/C9H7ClF3NO4/c1-8(7(16)17,9(11,12)13)14-6(15)4-2-3-18-5(4)10/h2-3H,1H3,(H,14,15)(H,16,17). The summed E-state index contributed by atoms with van der Waals surface area (Å²) in [7, 11) is 0. The van der Waals surface area contributed by atoms with Gasteiger partial charge in [-0.15, -0.1) is 0 Å². The molecular weight excluding hydrogens is 279 g/mol. The van der Waals surface area contributed by atoms with Gasteiger partial charge in [0, 0.05) is 0 Å². The van der Waals surface area contributed by atoms with Crippen molar-refractivity contribution in [2.24, 2.45) is 0 Å². The molecule has 0 bridgehead atoms. The van der Waals surface area contributed by atoms with Crippen molar-refractivity contribution in [1.82, 2.24) is 5.32 Å². The van der Waals surface area contributed by atoms with Crippen LogP contribution >= 0.6 is 11.6 Å². The van der Waals surface area contributed by atoms with Crippen LogP contribution in [0.4, 0.5) is 13.2 Å². The molecule has 0 aromatic carbocycles. The predicted octanol–water partition coefficient (Wildman–Crippen LogP) is 2.07. The average molecular weight is 286 g/mol. The first-order valence-electron chi connectivity index (χ1n) is 4.45. The second-order valence-corrected chi connectivity index (χ2v) is 3.83. The number of halogens is 4. The molecule has 1 amide bonds. The summed E-state index contributed by atoms with van der Waals surface area (Å²) < 4.78 is 42.3. The van der Waals surface area contributed by atoms with Gasteiger partial charge in [0.2, 0.25) is 10.8 Å². The lowest BCUT2D eigenvalue weighted by molar-refractivity contribution is -0.203. The van der Waals surface area contributed by atoms with Crippen molar-refractivity contribution in [3.05, 3.63) is 23.1 Å². The fourth-order valence-corrected chi connectivity index (χ4v) is 1.20. The number of rotatable bonds is 3. The molecule has 0 radical (unpaired) electrons. The van der Waals surface area contributed by atoms with Gasteiger partial charge in [0.25, 0.3) is 5.91 Å². The number of aliphatic carboxylic acids is 1. The van der Waals surface area contributed by atoms with Gasteiger partial charge < -0.3 is 14.8 Å². The number of alkyl halides is 3. The number of nitrogens with one attached hydrogen (secondary N) is 1. The molecule has 1 heterocycles. The zero-order chi connectivity index (χ0) is 14.1. The first-order valence-corrected chi connectivity index (χ1v) is 4.83. The highest BCUT2D eigenvalue weighted by molar-refractivity contribution is 6.32. The molecule has 0 aliphatic carbocycles. The summed E-state index contributed by atoms with van der Waals surface area (Å²) >= 11 is 5.40. The number of furan rings is 1. The van der Waals surface area contributed by atoms with Crippen molar-refractivity contribution in [2.45, 2.75) is 18.6 Å². The Kier molecular flexibility index (Phi) is 3.61. The van der Waals surface area contributed by atoms with Gasteiger partial charge in [-0.25, -0.2) is 4.79 Å². The normalized spacial score (nSPS) is 14.9. The van der Waals surface area contributed by atoms with Gasteiger partial charge in [0.1, 0.15) is 0 Å². The van der Waals surface area contributed by atoms with Crippen LogP contribution in [0.25, 0.3) is 0 Å². The summed E-state index contributed by atoms with van der Waals surface area (Å²) in [5.41, 5.74) is -3.79. The Labute approximate surface area is 104 Å². The van der Waals surface area contributed by atoms with Gasteiger partial charge in [0.15, 0.2) is 0 Å². The molecule has 18 heavy (non-hydrogen) atoms. The van der Waals surface area contributed by atoms with Crippen LogP contribution in [-0.4, -0.2) is 28.7 Å². The Bertz CT molecular complexity index is 484. The first-order chi connectivity index (χ1) is 8.09. The Balaban J connectivity index is 3.04. The number of carboxylic acid groups (broad SMARTS) is 1. The van der Waals surface area contributed by atoms with Gasteiger partial charge in [-0.05, 0) is 24.6 Å². The van der Waals surface area contributed by atoms with Crippen LogP contribution in [0.2, 0.25) is 5.22 Å². The van der Waals surface area contributed by atoms with Crippen LogP contribution in [0.15, 0.2) is 16.7 Å². The monoisotopic (exact) mass is 285 g/mol. The van der Waals surface area contributed by atoms with E-state index in [4.69, 9.17) is 16.7 Å². The van der Waals surface area contributed by atoms with Gasteiger partial charge >= 0.3 is 12.1 Å². The van der Waals surface area contributed by atoms with Crippen molar-refractivity contribution in [3.8, 4) is 0 Å². The summed E-state index contributed by atoms with van der Waals surface area (Å²) in [5, 5.41) is 9.53. The molecule has 1 rings (SSSR count). The highest BCUT2D eigenvalue weighted by Crippen LogP contribution is 2.31. The van der Waals surface area contributed by atoms with E-state index in [9.17, 15) is 22.8 Å². The van der Waals surface area contributed by atoms with Crippen LogP contribution in [0.3, 0.4) is 0 Å². The van der Waals surface area contributed by atoms with E-state index in [0.717, 1.165) is 12.3 Å². The molecule has 0 aliphatic heterocycles. The quantitative estimate of drug-likeness (QED) is 0.891. The number of amides is 1. The number of carbonyl (C=O) groups excluding carboxylic acids is 1. The summed E-state index contributed by atoms with van der Waals surface area (Å²) in [4.78, 5) is 22.1. The molecule has 1 unspecified atom stereocenters. The van der Waals surface area contributed by atoms with Gasteiger partial charge in [-0.2, -0.15) is 13.2 Å². The lowest BCUT2D eigenvalue weighted by Crippen LogP contribution is -2.61. The number of hydrogen-bond acceptors (Lipinski definition) is 3. The summed E-state index contributed by atoms with van der Waals surface area (Å²) in [5.74, 6) is -3.53. The third-order valence-electron chi connectivity index (χ3n) is 2.22. The lowest BCUT2D eigenvalue weighted by Gasteiger charge is -2.28. The third-order valence-corrected chi connectivity index (χ3v) is 2.51. The van der Waals surface area contributed by atoms with Crippen LogP contribution in [0.5, 0.6) is 0 Å². The molecule has 0 aliphatic rings. The zero-order valence-corrected chi connectivity index (χ0v) is 9.59.